The van der Waals surface area contributed by atoms with Crippen LogP contribution in [0.3, 0.4) is 0 Å². The summed E-state index contributed by atoms with van der Waals surface area (Å²) >= 11 is 13.5. The third-order valence-corrected chi connectivity index (χ3v) is 11.8. The first-order chi connectivity index (χ1) is 23.1. The first-order valence-electron chi connectivity index (χ1n) is 16.3. The average Bonchev–Trinajstić information content (AvgIpc) is 3.29. The number of methoxy groups -OCH3 is 1. The molecule has 3 atom stereocenters. The molecule has 3 saturated heterocycles. The van der Waals surface area contributed by atoms with Gasteiger partial charge in [0.15, 0.2) is 6.73 Å². The second kappa shape index (κ2) is 11.8. The average molecular weight is 697 g/mol. The molecule has 4 aliphatic heterocycles. The summed E-state index contributed by atoms with van der Waals surface area (Å²) in [6, 6.07) is 12.0. The zero-order valence-corrected chi connectivity index (χ0v) is 28.2. The van der Waals surface area contributed by atoms with E-state index in [9.17, 15) is 14.7 Å². The van der Waals surface area contributed by atoms with Crippen LogP contribution in [0.2, 0.25) is 10.0 Å². The number of benzene rings is 3. The minimum atomic E-state index is -1.19. The van der Waals surface area contributed by atoms with E-state index >= 15 is 4.39 Å². The van der Waals surface area contributed by atoms with Gasteiger partial charge in [0.25, 0.3) is 5.91 Å². The lowest BCUT2D eigenvalue weighted by molar-refractivity contribution is -0.0949. The Bertz CT molecular complexity index is 1790. The van der Waals surface area contributed by atoms with Crippen LogP contribution in [-0.4, -0.2) is 79.7 Å². The maximum absolute atomic E-state index is 15.7. The molecule has 48 heavy (non-hydrogen) atoms. The Morgan fingerprint density at radius 1 is 1.04 bits per heavy atom. The van der Waals surface area contributed by atoms with Crippen LogP contribution in [0.4, 0.5) is 15.8 Å². The highest BCUT2D eigenvalue weighted by Crippen LogP contribution is 2.55. The standard InChI is InChI=1S/C36H36Cl2FN3O6/c1-19-36(12-24(13-36)46-2)17-41(19)23-8-28(37)32(29(38)9-23)34(43)40-14-20-4-3-5-25(33(20)48-18-40)26-11-31(27(35(44)45)10-30(26)39)42-21-6-7-22(42)16-47-15-21/h3-5,8-11,19,21-22,24H,6-7,12-18H2,1-2H3,(H,44,45). The number of rotatable bonds is 6. The molecule has 4 fully saturated rings. The third kappa shape index (κ3) is 4.94. The van der Waals surface area contributed by atoms with E-state index in [2.05, 4.69) is 16.7 Å². The van der Waals surface area contributed by atoms with Crippen LogP contribution in [-0.2, 0) is 16.0 Å². The number of morpholine rings is 1. The van der Waals surface area contributed by atoms with E-state index in [0.29, 0.717) is 47.9 Å². The van der Waals surface area contributed by atoms with E-state index in [-0.39, 0.29) is 63.4 Å². The second-order valence-electron chi connectivity index (χ2n) is 13.8. The topological polar surface area (TPSA) is 91.8 Å². The minimum absolute atomic E-state index is 0.0331. The lowest BCUT2D eigenvalue weighted by atomic mass is 9.57. The van der Waals surface area contributed by atoms with Gasteiger partial charge in [-0.05, 0) is 56.9 Å². The molecule has 3 unspecified atom stereocenters. The fourth-order valence-electron chi connectivity index (χ4n) is 8.50. The summed E-state index contributed by atoms with van der Waals surface area (Å²) in [6.45, 7) is 4.19. The highest BCUT2D eigenvalue weighted by molar-refractivity contribution is 6.40. The van der Waals surface area contributed by atoms with E-state index in [4.69, 9.17) is 37.4 Å². The maximum atomic E-state index is 15.7. The molecular formula is C36H36Cl2FN3O6. The number of para-hydroxylation sites is 1. The Morgan fingerprint density at radius 3 is 2.40 bits per heavy atom. The molecule has 1 aliphatic carbocycles. The van der Waals surface area contributed by atoms with Crippen molar-refractivity contribution in [3.05, 3.63) is 75.0 Å². The van der Waals surface area contributed by atoms with Crippen molar-refractivity contribution in [3.8, 4) is 16.9 Å². The summed E-state index contributed by atoms with van der Waals surface area (Å²) in [4.78, 5) is 31.9. The quantitative estimate of drug-likeness (QED) is 0.299. The fourth-order valence-corrected chi connectivity index (χ4v) is 9.14. The van der Waals surface area contributed by atoms with Crippen molar-refractivity contribution in [1.29, 1.82) is 0 Å². The van der Waals surface area contributed by atoms with E-state index in [1.54, 1.807) is 37.4 Å². The molecule has 1 spiro atoms. The number of aromatic carboxylic acids is 1. The molecule has 1 N–H and O–H groups in total. The zero-order chi connectivity index (χ0) is 33.5. The van der Waals surface area contributed by atoms with Gasteiger partial charge in [-0.1, -0.05) is 41.4 Å². The first-order valence-corrected chi connectivity index (χ1v) is 17.1. The number of halogens is 3. The Morgan fingerprint density at radius 2 is 1.75 bits per heavy atom. The van der Waals surface area contributed by atoms with Gasteiger partial charge >= 0.3 is 5.97 Å². The number of carboxylic acid groups (broad SMARTS) is 1. The molecule has 1 saturated carbocycles. The van der Waals surface area contributed by atoms with Crippen LogP contribution >= 0.6 is 23.2 Å². The summed E-state index contributed by atoms with van der Waals surface area (Å²) < 4.78 is 33.1. The highest BCUT2D eigenvalue weighted by Gasteiger charge is 2.58. The zero-order valence-electron chi connectivity index (χ0n) is 26.7. The Labute approximate surface area is 288 Å². The van der Waals surface area contributed by atoms with E-state index in [0.717, 1.165) is 44.0 Å². The van der Waals surface area contributed by atoms with Crippen molar-refractivity contribution in [2.45, 2.75) is 63.4 Å². The van der Waals surface area contributed by atoms with Crippen molar-refractivity contribution >= 4 is 46.5 Å². The first kappa shape index (κ1) is 31.7. The van der Waals surface area contributed by atoms with Crippen molar-refractivity contribution in [3.63, 3.8) is 0 Å². The molecule has 5 aliphatic rings. The van der Waals surface area contributed by atoms with Gasteiger partial charge in [-0.25, -0.2) is 9.18 Å². The van der Waals surface area contributed by atoms with Crippen LogP contribution in [0.1, 0.15) is 58.9 Å². The Balaban J connectivity index is 1.05. The molecule has 252 valence electrons. The monoisotopic (exact) mass is 695 g/mol. The van der Waals surface area contributed by atoms with Crippen molar-refractivity contribution in [1.82, 2.24) is 4.90 Å². The van der Waals surface area contributed by atoms with Crippen molar-refractivity contribution < 1.29 is 33.3 Å². The smallest absolute Gasteiger partial charge is 0.337 e. The van der Waals surface area contributed by atoms with Crippen molar-refractivity contribution in [2.24, 2.45) is 5.41 Å². The van der Waals surface area contributed by atoms with E-state index in [1.807, 2.05) is 6.07 Å². The van der Waals surface area contributed by atoms with Gasteiger partial charge < -0.3 is 34.0 Å². The molecule has 12 heteroatoms. The number of hydrogen-bond acceptors (Lipinski definition) is 7. The number of carbonyl (C=O) groups excluding carboxylic acids is 1. The SMILES string of the molecule is COC1CC2(C1)CN(c1cc(Cl)c(C(=O)N3COc4c(cccc4-c4cc(N5C6CCC5COC6)c(C(=O)O)cc4F)C3)c(Cl)c1)C2C. The predicted molar refractivity (Wildman–Crippen MR) is 180 cm³/mol. The molecule has 3 aromatic carbocycles. The molecular weight excluding hydrogens is 660 g/mol. The number of nitrogens with zero attached hydrogens (tertiary/aromatic N) is 3. The van der Waals surface area contributed by atoms with Crippen LogP contribution < -0.4 is 14.5 Å². The third-order valence-electron chi connectivity index (χ3n) is 11.2. The summed E-state index contributed by atoms with van der Waals surface area (Å²) in [5.74, 6) is -1.78. The van der Waals surface area contributed by atoms with Crippen LogP contribution in [0, 0.1) is 11.2 Å². The van der Waals surface area contributed by atoms with E-state index in [1.165, 1.54) is 4.90 Å². The van der Waals surface area contributed by atoms with Crippen LogP contribution in [0.25, 0.3) is 11.1 Å². The minimum Gasteiger partial charge on any atom is -0.478 e. The van der Waals surface area contributed by atoms with Crippen molar-refractivity contribution in [2.75, 3.05) is 43.4 Å². The van der Waals surface area contributed by atoms with Gasteiger partial charge in [-0.3, -0.25) is 4.79 Å². The molecule has 0 aromatic heterocycles. The summed E-state index contributed by atoms with van der Waals surface area (Å²) in [7, 11) is 1.75. The molecule has 0 radical (unpaired) electrons. The number of anilines is 2. The summed E-state index contributed by atoms with van der Waals surface area (Å²) in [5, 5.41) is 10.5. The molecule has 4 heterocycles. The molecule has 3 aromatic rings. The fraction of sp³-hybridized carbons (Fsp3) is 0.444. The molecule has 9 nitrogen and oxygen atoms in total. The Hall–Kier alpha value is -3.57. The van der Waals surface area contributed by atoms with E-state index < -0.39 is 11.8 Å². The number of ether oxygens (including phenoxy) is 3. The number of hydrogen-bond donors (Lipinski definition) is 1. The van der Waals surface area contributed by atoms with Crippen LogP contribution in [0.5, 0.6) is 5.75 Å². The van der Waals surface area contributed by atoms with Crippen LogP contribution in [0.15, 0.2) is 42.5 Å². The summed E-state index contributed by atoms with van der Waals surface area (Å²) in [5.41, 5.74) is 3.13. The lowest BCUT2D eigenvalue weighted by Crippen LogP contribution is -2.69. The number of fused-ring (bicyclic) bond motifs is 3. The van der Waals surface area contributed by atoms with Gasteiger partial charge in [0.2, 0.25) is 0 Å². The van der Waals surface area contributed by atoms with Gasteiger partial charge in [0.1, 0.15) is 11.6 Å². The molecule has 2 bridgehead atoms. The summed E-state index contributed by atoms with van der Waals surface area (Å²) in [6.07, 6.45) is 4.15. The molecule has 1 amide bonds. The largest absolute Gasteiger partial charge is 0.478 e. The lowest BCUT2D eigenvalue weighted by Gasteiger charge is -2.64. The van der Waals surface area contributed by atoms with Gasteiger partial charge in [-0.15, -0.1) is 0 Å². The number of carbonyl (C=O) groups is 2. The number of carboxylic acids is 1. The highest BCUT2D eigenvalue weighted by atomic mass is 35.5. The maximum Gasteiger partial charge on any atom is 0.337 e. The Kier molecular flexibility index (Phi) is 7.78. The predicted octanol–water partition coefficient (Wildman–Crippen LogP) is 6.86. The van der Waals surface area contributed by atoms with Gasteiger partial charge in [0.05, 0.1) is 64.8 Å². The van der Waals surface area contributed by atoms with Gasteiger partial charge in [-0.2, -0.15) is 0 Å². The van der Waals surface area contributed by atoms with Gasteiger partial charge in [0, 0.05) is 47.5 Å². The second-order valence-corrected chi connectivity index (χ2v) is 14.6. The molecule has 8 rings (SSSR count). The number of amides is 1. The normalized spacial score (nSPS) is 27.3.